The fourth-order valence-electron chi connectivity index (χ4n) is 1.79. The van der Waals surface area contributed by atoms with E-state index in [0.29, 0.717) is 13.0 Å². The van der Waals surface area contributed by atoms with Crippen LogP contribution in [-0.2, 0) is 4.79 Å². The highest BCUT2D eigenvalue weighted by atomic mass is 35.5. The van der Waals surface area contributed by atoms with Gasteiger partial charge < -0.3 is 4.90 Å². The molecule has 1 saturated heterocycles. The summed E-state index contributed by atoms with van der Waals surface area (Å²) in [5.74, 6) is 0.133. The van der Waals surface area contributed by atoms with Crippen LogP contribution in [0.25, 0.3) is 0 Å². The summed E-state index contributed by atoms with van der Waals surface area (Å²) in [6.07, 6.45) is 0.453. The van der Waals surface area contributed by atoms with Crippen molar-refractivity contribution in [2.24, 2.45) is 0 Å². The minimum absolute atomic E-state index is 0.0420. The van der Waals surface area contributed by atoms with Crippen molar-refractivity contribution in [1.82, 2.24) is 9.88 Å². The van der Waals surface area contributed by atoms with Crippen molar-refractivity contribution in [3.63, 3.8) is 0 Å². The number of halogens is 1. The Morgan fingerprint density at radius 3 is 2.93 bits per heavy atom. The van der Waals surface area contributed by atoms with Crippen LogP contribution in [0.5, 0.6) is 0 Å². The summed E-state index contributed by atoms with van der Waals surface area (Å²) in [5, 5.41) is 3.00. The molecule has 1 aromatic heterocycles. The van der Waals surface area contributed by atoms with Gasteiger partial charge in [0.15, 0.2) is 0 Å². The Bertz CT molecular complexity index is 379. The van der Waals surface area contributed by atoms with Crippen LogP contribution in [0.3, 0.4) is 0 Å². The molecular weight excluding hydrogens is 232 g/mol. The van der Waals surface area contributed by atoms with E-state index in [1.165, 1.54) is 0 Å². The minimum Gasteiger partial charge on any atom is -0.333 e. The molecule has 3 nitrogen and oxygen atoms in total. The van der Waals surface area contributed by atoms with Gasteiger partial charge in [-0.15, -0.1) is 22.9 Å². The molecule has 2 unspecified atom stereocenters. The normalized spacial score (nSPS) is 23.5. The molecule has 1 aliphatic heterocycles. The molecule has 2 heterocycles. The number of thiazole rings is 1. The van der Waals surface area contributed by atoms with Crippen LogP contribution in [0.1, 0.15) is 30.1 Å². The Labute approximate surface area is 98.1 Å². The number of aromatic nitrogens is 1. The number of rotatable bonds is 2. The van der Waals surface area contributed by atoms with E-state index in [1.54, 1.807) is 11.3 Å². The van der Waals surface area contributed by atoms with E-state index >= 15 is 0 Å². The minimum atomic E-state index is -0.0420. The molecule has 1 aliphatic rings. The van der Waals surface area contributed by atoms with E-state index in [-0.39, 0.29) is 17.3 Å². The van der Waals surface area contributed by atoms with E-state index < -0.39 is 0 Å². The summed E-state index contributed by atoms with van der Waals surface area (Å²) in [6, 6.07) is 0.0474. The molecule has 82 valence electrons. The van der Waals surface area contributed by atoms with Gasteiger partial charge in [-0.25, -0.2) is 4.98 Å². The molecule has 0 aliphatic carbocycles. The summed E-state index contributed by atoms with van der Waals surface area (Å²) < 4.78 is 0. The largest absolute Gasteiger partial charge is 0.333 e. The molecule has 0 spiro atoms. The Morgan fingerprint density at radius 2 is 2.47 bits per heavy atom. The van der Waals surface area contributed by atoms with Crippen molar-refractivity contribution in [1.29, 1.82) is 0 Å². The van der Waals surface area contributed by atoms with E-state index in [1.807, 2.05) is 24.1 Å². The van der Waals surface area contributed by atoms with Crippen LogP contribution in [-0.4, -0.2) is 27.7 Å². The average Bonchev–Trinajstić information content (AvgIpc) is 2.71. The third-order valence-electron chi connectivity index (χ3n) is 2.64. The second-order valence-corrected chi connectivity index (χ2v) is 5.49. The number of aryl methyl sites for hydroxylation is 1. The van der Waals surface area contributed by atoms with Crippen molar-refractivity contribution < 1.29 is 4.79 Å². The van der Waals surface area contributed by atoms with Crippen molar-refractivity contribution in [3.05, 3.63) is 16.1 Å². The van der Waals surface area contributed by atoms with Gasteiger partial charge in [0.25, 0.3) is 0 Å². The van der Waals surface area contributed by atoms with Crippen LogP contribution in [0.4, 0.5) is 0 Å². The van der Waals surface area contributed by atoms with Crippen LogP contribution in [0, 0.1) is 6.92 Å². The standard InChI is InChI=1S/C10H13ClN2OS/c1-6(9-5-15-7(2)12-9)13-4-8(11)3-10(13)14/h5-6,8H,3-4H2,1-2H3. The molecule has 0 aromatic carbocycles. The number of nitrogens with zero attached hydrogens (tertiary/aromatic N) is 2. The lowest BCUT2D eigenvalue weighted by Crippen LogP contribution is -2.28. The molecule has 1 amide bonds. The van der Waals surface area contributed by atoms with Gasteiger partial charge in [-0.1, -0.05) is 0 Å². The second kappa shape index (κ2) is 4.10. The number of likely N-dealkylation sites (tertiary alicyclic amines) is 1. The highest BCUT2D eigenvalue weighted by molar-refractivity contribution is 7.09. The van der Waals surface area contributed by atoms with Crippen molar-refractivity contribution in [2.75, 3.05) is 6.54 Å². The third kappa shape index (κ3) is 2.16. The molecule has 1 fully saturated rings. The highest BCUT2D eigenvalue weighted by Crippen LogP contribution is 2.28. The lowest BCUT2D eigenvalue weighted by Gasteiger charge is -2.22. The molecule has 0 N–H and O–H groups in total. The molecule has 1 aromatic rings. The Morgan fingerprint density at radius 1 is 1.73 bits per heavy atom. The lowest BCUT2D eigenvalue weighted by atomic mass is 10.2. The van der Waals surface area contributed by atoms with Gasteiger partial charge in [0.2, 0.25) is 5.91 Å². The first-order valence-corrected chi connectivity index (χ1v) is 6.25. The topological polar surface area (TPSA) is 33.2 Å². The molecule has 15 heavy (non-hydrogen) atoms. The summed E-state index contributed by atoms with van der Waals surface area (Å²) >= 11 is 7.57. The lowest BCUT2D eigenvalue weighted by molar-refractivity contribution is -0.129. The van der Waals surface area contributed by atoms with Crippen molar-refractivity contribution >= 4 is 28.8 Å². The number of alkyl halides is 1. The maximum absolute atomic E-state index is 11.6. The SMILES string of the molecule is Cc1nc(C(C)N2CC(Cl)CC2=O)cs1. The van der Waals surface area contributed by atoms with E-state index in [0.717, 1.165) is 10.7 Å². The summed E-state index contributed by atoms with van der Waals surface area (Å²) in [7, 11) is 0. The maximum atomic E-state index is 11.6. The van der Waals surface area contributed by atoms with E-state index in [2.05, 4.69) is 4.98 Å². The molecule has 2 rings (SSSR count). The first kappa shape index (κ1) is 10.9. The maximum Gasteiger partial charge on any atom is 0.224 e. The third-order valence-corrected chi connectivity index (χ3v) is 3.73. The summed E-state index contributed by atoms with van der Waals surface area (Å²) in [5.41, 5.74) is 0.969. The van der Waals surface area contributed by atoms with Crippen molar-refractivity contribution in [3.8, 4) is 0 Å². The van der Waals surface area contributed by atoms with Gasteiger partial charge in [0.1, 0.15) is 0 Å². The van der Waals surface area contributed by atoms with Crippen molar-refractivity contribution in [2.45, 2.75) is 31.7 Å². The molecular formula is C10H13ClN2OS. The van der Waals surface area contributed by atoms with Crippen LogP contribution < -0.4 is 0 Å². The highest BCUT2D eigenvalue weighted by Gasteiger charge is 2.32. The number of hydrogen-bond acceptors (Lipinski definition) is 3. The molecule has 0 radical (unpaired) electrons. The quantitative estimate of drug-likeness (QED) is 0.749. The summed E-state index contributed by atoms with van der Waals surface area (Å²) in [4.78, 5) is 17.8. The average molecular weight is 245 g/mol. The first-order valence-electron chi connectivity index (χ1n) is 4.93. The number of amides is 1. The van der Waals surface area contributed by atoms with Gasteiger partial charge in [-0.3, -0.25) is 4.79 Å². The van der Waals surface area contributed by atoms with Gasteiger partial charge >= 0.3 is 0 Å². The van der Waals surface area contributed by atoms with Crippen LogP contribution >= 0.6 is 22.9 Å². The smallest absolute Gasteiger partial charge is 0.224 e. The van der Waals surface area contributed by atoms with Crippen LogP contribution in [0.15, 0.2) is 5.38 Å². The van der Waals surface area contributed by atoms with E-state index in [9.17, 15) is 4.79 Å². The van der Waals surface area contributed by atoms with Gasteiger partial charge in [-0.2, -0.15) is 0 Å². The second-order valence-electron chi connectivity index (χ2n) is 3.81. The Hall–Kier alpha value is -0.610. The predicted octanol–water partition coefficient (Wildman–Crippen LogP) is 2.35. The predicted molar refractivity (Wildman–Crippen MR) is 61.2 cm³/mol. The number of carbonyl (C=O) groups excluding carboxylic acids is 1. The zero-order valence-electron chi connectivity index (χ0n) is 8.74. The molecule has 0 bridgehead atoms. The fourth-order valence-corrected chi connectivity index (χ4v) is 2.77. The molecule has 0 saturated carbocycles. The van der Waals surface area contributed by atoms with Crippen LogP contribution in [0.2, 0.25) is 0 Å². The number of hydrogen-bond donors (Lipinski definition) is 0. The molecule has 2 atom stereocenters. The zero-order valence-corrected chi connectivity index (χ0v) is 10.3. The van der Waals surface area contributed by atoms with E-state index in [4.69, 9.17) is 11.6 Å². The number of carbonyl (C=O) groups is 1. The fraction of sp³-hybridized carbons (Fsp3) is 0.600. The Kier molecular flexibility index (Phi) is 2.98. The monoisotopic (exact) mass is 244 g/mol. The Balaban J connectivity index is 2.14. The van der Waals surface area contributed by atoms with Gasteiger partial charge in [0.05, 0.1) is 22.1 Å². The van der Waals surface area contributed by atoms with Gasteiger partial charge in [0, 0.05) is 18.3 Å². The zero-order chi connectivity index (χ0) is 11.0. The summed E-state index contributed by atoms with van der Waals surface area (Å²) in [6.45, 7) is 4.61. The van der Waals surface area contributed by atoms with Gasteiger partial charge in [-0.05, 0) is 13.8 Å². The first-order chi connectivity index (χ1) is 7.08. The molecule has 5 heteroatoms.